The third kappa shape index (κ3) is 3.14. The fourth-order valence-corrected chi connectivity index (χ4v) is 4.52. The SMILES string of the molecule is C=Pc1nc(-c2c(C)nc3ccc(C=O)cn23)sc1C(=CC)NNC. The van der Waals surface area contributed by atoms with E-state index in [1.54, 1.807) is 23.6 Å². The summed E-state index contributed by atoms with van der Waals surface area (Å²) >= 11 is 1.58. The molecule has 0 saturated carbocycles. The lowest BCUT2D eigenvalue weighted by atomic mass is 10.3. The Hall–Kier alpha value is -2.34. The summed E-state index contributed by atoms with van der Waals surface area (Å²) in [6.45, 7) is 3.92. The molecule has 25 heavy (non-hydrogen) atoms. The van der Waals surface area contributed by atoms with Crippen LogP contribution in [0.5, 0.6) is 0 Å². The molecule has 128 valence electrons. The van der Waals surface area contributed by atoms with Crippen LogP contribution in [0.25, 0.3) is 22.0 Å². The van der Waals surface area contributed by atoms with Crippen LogP contribution in [0.15, 0.2) is 24.4 Å². The van der Waals surface area contributed by atoms with Gasteiger partial charge in [-0.15, -0.1) is 11.3 Å². The topological polar surface area (TPSA) is 71.3 Å². The first-order chi connectivity index (χ1) is 12.1. The van der Waals surface area contributed by atoms with Crippen molar-refractivity contribution in [3.63, 3.8) is 0 Å². The Labute approximate surface area is 151 Å². The predicted octanol–water partition coefficient (Wildman–Crippen LogP) is 2.67. The van der Waals surface area contributed by atoms with Crippen LogP contribution in [-0.2, 0) is 0 Å². The van der Waals surface area contributed by atoms with Crippen molar-refractivity contribution < 1.29 is 4.79 Å². The largest absolute Gasteiger partial charge is 0.321 e. The monoisotopic (exact) mass is 371 g/mol. The number of nitrogens with zero attached hydrogens (tertiary/aromatic N) is 3. The maximum absolute atomic E-state index is 11.1. The molecule has 3 aromatic rings. The van der Waals surface area contributed by atoms with Gasteiger partial charge in [0.15, 0.2) is 6.29 Å². The number of aromatic nitrogens is 3. The smallest absolute Gasteiger partial charge is 0.151 e. The van der Waals surface area contributed by atoms with E-state index >= 15 is 0 Å². The first-order valence-corrected chi connectivity index (χ1v) is 9.53. The van der Waals surface area contributed by atoms with Crippen molar-refractivity contribution in [2.24, 2.45) is 0 Å². The Morgan fingerprint density at radius 1 is 1.40 bits per heavy atom. The van der Waals surface area contributed by atoms with Gasteiger partial charge in [0.2, 0.25) is 0 Å². The molecule has 0 radical (unpaired) electrons. The molecule has 0 aromatic carbocycles. The third-order valence-corrected chi connectivity index (χ3v) is 5.58. The van der Waals surface area contributed by atoms with Crippen molar-refractivity contribution in [1.29, 1.82) is 0 Å². The van der Waals surface area contributed by atoms with Gasteiger partial charge in [0, 0.05) is 18.8 Å². The number of hydrogen-bond acceptors (Lipinski definition) is 6. The molecule has 0 unspecified atom stereocenters. The number of hydrogen-bond donors (Lipinski definition) is 2. The summed E-state index contributed by atoms with van der Waals surface area (Å²) < 4.78 is 1.92. The van der Waals surface area contributed by atoms with E-state index in [0.29, 0.717) is 5.56 Å². The number of nitrogens with one attached hydrogen (secondary N) is 2. The zero-order chi connectivity index (χ0) is 18.0. The first-order valence-electron chi connectivity index (χ1n) is 7.64. The molecule has 0 aliphatic heterocycles. The highest BCUT2D eigenvalue weighted by molar-refractivity contribution is 7.46. The van der Waals surface area contributed by atoms with Gasteiger partial charge >= 0.3 is 0 Å². The Kier molecular flexibility index (Phi) is 5.08. The number of aldehydes is 1. The normalized spacial score (nSPS) is 12.0. The number of aryl methyl sites for hydroxylation is 1. The van der Waals surface area contributed by atoms with Crippen molar-refractivity contribution >= 4 is 48.9 Å². The summed E-state index contributed by atoms with van der Waals surface area (Å²) in [5.74, 6) is 0. The molecule has 0 spiro atoms. The molecule has 0 amide bonds. The quantitative estimate of drug-likeness (QED) is 0.396. The number of fused-ring (bicyclic) bond motifs is 1. The molecule has 8 heteroatoms. The summed E-state index contributed by atoms with van der Waals surface area (Å²) in [6, 6.07) is 3.61. The van der Waals surface area contributed by atoms with Gasteiger partial charge in [0.1, 0.15) is 21.8 Å². The lowest BCUT2D eigenvalue weighted by molar-refractivity contribution is 0.112. The minimum Gasteiger partial charge on any atom is -0.321 e. The molecule has 0 saturated heterocycles. The molecule has 3 rings (SSSR count). The van der Waals surface area contributed by atoms with Crippen LogP contribution >= 0.6 is 19.5 Å². The van der Waals surface area contributed by atoms with Gasteiger partial charge in [-0.3, -0.25) is 9.20 Å². The van der Waals surface area contributed by atoms with E-state index in [1.807, 2.05) is 37.4 Å². The summed E-state index contributed by atoms with van der Waals surface area (Å²) in [5.41, 5.74) is 11.1. The average molecular weight is 371 g/mol. The number of carbonyl (C=O) groups excluding carboxylic acids is 1. The van der Waals surface area contributed by atoms with Gasteiger partial charge in [-0.25, -0.2) is 15.4 Å². The molecule has 0 fully saturated rings. The number of carbonyl (C=O) groups is 1. The van der Waals surface area contributed by atoms with E-state index in [-0.39, 0.29) is 0 Å². The minimum absolute atomic E-state index is 0.601. The highest BCUT2D eigenvalue weighted by Crippen LogP contribution is 2.31. The summed E-state index contributed by atoms with van der Waals surface area (Å²) in [4.78, 5) is 21.5. The molecular weight excluding hydrogens is 353 g/mol. The Morgan fingerprint density at radius 2 is 2.20 bits per heavy atom. The second-order valence-electron chi connectivity index (χ2n) is 5.26. The Balaban J connectivity index is 2.22. The maximum Gasteiger partial charge on any atom is 0.151 e. The van der Waals surface area contributed by atoms with Crippen LogP contribution in [0, 0.1) is 6.92 Å². The van der Waals surface area contributed by atoms with Crippen LogP contribution in [-0.4, -0.2) is 34.0 Å². The Morgan fingerprint density at radius 3 is 2.84 bits per heavy atom. The van der Waals surface area contributed by atoms with Gasteiger partial charge in [-0.05, 0) is 26.0 Å². The lowest BCUT2D eigenvalue weighted by Crippen LogP contribution is -2.26. The number of allylic oxidation sites excluding steroid dienone is 1. The predicted molar refractivity (Wildman–Crippen MR) is 106 cm³/mol. The molecule has 0 atom stereocenters. The highest BCUT2D eigenvalue weighted by Gasteiger charge is 2.19. The average Bonchev–Trinajstić information content (AvgIpc) is 3.18. The van der Waals surface area contributed by atoms with Crippen LogP contribution < -0.4 is 16.3 Å². The van der Waals surface area contributed by atoms with E-state index in [1.165, 1.54) is 0 Å². The lowest BCUT2D eigenvalue weighted by Gasteiger charge is -2.07. The fraction of sp³-hybridized carbons (Fsp3) is 0.176. The molecule has 3 heterocycles. The molecule has 6 nitrogen and oxygen atoms in total. The van der Waals surface area contributed by atoms with Crippen molar-refractivity contribution in [1.82, 2.24) is 25.2 Å². The summed E-state index contributed by atoms with van der Waals surface area (Å²) in [6.07, 6.45) is 8.60. The van der Waals surface area contributed by atoms with Gasteiger partial charge < -0.3 is 5.43 Å². The van der Waals surface area contributed by atoms with Crippen molar-refractivity contribution in [3.8, 4) is 10.7 Å². The van der Waals surface area contributed by atoms with Gasteiger partial charge in [-0.1, -0.05) is 20.6 Å². The summed E-state index contributed by atoms with van der Waals surface area (Å²) in [5, 5.41) is 0.853. The summed E-state index contributed by atoms with van der Waals surface area (Å²) in [7, 11) is 2.67. The minimum atomic E-state index is 0.601. The van der Waals surface area contributed by atoms with Crippen molar-refractivity contribution in [2.45, 2.75) is 13.8 Å². The van der Waals surface area contributed by atoms with E-state index in [2.05, 4.69) is 22.1 Å². The number of pyridine rings is 1. The second kappa shape index (κ2) is 7.27. The van der Waals surface area contributed by atoms with Crippen molar-refractivity contribution in [3.05, 3.63) is 40.5 Å². The standard InChI is InChI=1S/C17H18N5OPS/c1-5-12(21-18-3)15-16(24-4)20-17(25-15)14-10(2)19-13-7-6-11(9-23)8-22(13)14/h5-9,18,21H,4H2,1-3H3. The number of rotatable bonds is 6. The van der Waals surface area contributed by atoms with Gasteiger partial charge in [-0.2, -0.15) is 0 Å². The molecule has 0 aliphatic carbocycles. The van der Waals surface area contributed by atoms with Gasteiger partial charge in [0.25, 0.3) is 0 Å². The van der Waals surface area contributed by atoms with E-state index in [4.69, 9.17) is 4.98 Å². The van der Waals surface area contributed by atoms with E-state index in [0.717, 1.165) is 52.5 Å². The zero-order valence-electron chi connectivity index (χ0n) is 14.2. The van der Waals surface area contributed by atoms with Gasteiger partial charge in [0.05, 0.1) is 16.3 Å². The molecule has 0 aliphatic rings. The number of hydrazine groups is 1. The van der Waals surface area contributed by atoms with Crippen molar-refractivity contribution in [2.75, 3.05) is 7.05 Å². The van der Waals surface area contributed by atoms with E-state index < -0.39 is 0 Å². The molecular formula is C17H18N5OPS. The second-order valence-corrected chi connectivity index (χ2v) is 7.00. The van der Waals surface area contributed by atoms with Crippen LogP contribution in [0.1, 0.15) is 27.9 Å². The van der Waals surface area contributed by atoms with Crippen LogP contribution in [0.2, 0.25) is 0 Å². The van der Waals surface area contributed by atoms with E-state index in [9.17, 15) is 4.79 Å². The third-order valence-electron chi connectivity index (χ3n) is 3.71. The molecule has 2 N–H and O–H groups in total. The molecule has 0 bridgehead atoms. The fourth-order valence-electron chi connectivity index (χ4n) is 2.60. The van der Waals surface area contributed by atoms with Crippen LogP contribution in [0.3, 0.4) is 0 Å². The number of thiazole rings is 1. The maximum atomic E-state index is 11.1. The zero-order valence-corrected chi connectivity index (χ0v) is 15.9. The Bertz CT molecular complexity index is 988. The molecule has 3 aromatic heterocycles. The first kappa shape index (κ1) is 17.5. The highest BCUT2D eigenvalue weighted by atomic mass is 32.1. The van der Waals surface area contributed by atoms with Crippen LogP contribution in [0.4, 0.5) is 0 Å². The number of imidazole rings is 1.